The lowest BCUT2D eigenvalue weighted by Gasteiger charge is -2.39. The molecule has 170 valence electrons. The third-order valence-corrected chi connectivity index (χ3v) is 7.10. The predicted molar refractivity (Wildman–Crippen MR) is 125 cm³/mol. The minimum atomic E-state index is 0.223. The molecule has 1 fully saturated rings. The highest BCUT2D eigenvalue weighted by molar-refractivity contribution is 5.88. The Bertz CT molecular complexity index is 1270. The van der Waals surface area contributed by atoms with Crippen molar-refractivity contribution < 1.29 is 4.52 Å². The number of hydrogen-bond acceptors (Lipinski definition) is 9. The first-order valence-electron chi connectivity index (χ1n) is 11.5. The summed E-state index contributed by atoms with van der Waals surface area (Å²) in [4.78, 5) is 18.3. The van der Waals surface area contributed by atoms with Crippen LogP contribution in [0.3, 0.4) is 0 Å². The SMILES string of the molecule is CC1(CN)CCN(c2cnc3c(N4CCCc5cc(-c6ncon6)ccc54)n[nH]c3n2)CC1. The first-order valence-corrected chi connectivity index (χ1v) is 11.5. The first kappa shape index (κ1) is 20.1. The lowest BCUT2D eigenvalue weighted by atomic mass is 9.80. The maximum Gasteiger partial charge on any atom is 0.214 e. The second kappa shape index (κ2) is 7.80. The monoisotopic (exact) mass is 445 g/mol. The Hall–Kier alpha value is -3.53. The first-order chi connectivity index (χ1) is 16.1. The zero-order valence-corrected chi connectivity index (χ0v) is 18.7. The van der Waals surface area contributed by atoms with Gasteiger partial charge >= 0.3 is 0 Å². The lowest BCUT2D eigenvalue weighted by Crippen LogP contribution is -2.42. The molecule has 5 heterocycles. The maximum absolute atomic E-state index is 5.96. The number of nitrogens with zero attached hydrogens (tertiary/aromatic N) is 7. The van der Waals surface area contributed by atoms with E-state index in [0.717, 1.165) is 80.3 Å². The van der Waals surface area contributed by atoms with Crippen LogP contribution in [0.2, 0.25) is 0 Å². The molecule has 10 nitrogen and oxygen atoms in total. The smallest absolute Gasteiger partial charge is 0.214 e. The quantitative estimate of drug-likeness (QED) is 0.487. The van der Waals surface area contributed by atoms with Crippen molar-refractivity contribution in [3.8, 4) is 11.4 Å². The molecule has 2 aliphatic rings. The summed E-state index contributed by atoms with van der Waals surface area (Å²) >= 11 is 0. The average Bonchev–Trinajstić information content (AvgIpc) is 3.54. The lowest BCUT2D eigenvalue weighted by molar-refractivity contribution is 0.258. The summed E-state index contributed by atoms with van der Waals surface area (Å²) in [6.45, 7) is 5.75. The van der Waals surface area contributed by atoms with Crippen LogP contribution in [-0.4, -0.2) is 56.5 Å². The van der Waals surface area contributed by atoms with Crippen molar-refractivity contribution >= 4 is 28.5 Å². The molecule has 33 heavy (non-hydrogen) atoms. The number of rotatable bonds is 4. The van der Waals surface area contributed by atoms with Gasteiger partial charge in [-0.3, -0.25) is 5.10 Å². The molecular formula is C23H27N9O. The third kappa shape index (κ3) is 3.50. The number of H-pyrrole nitrogens is 1. The van der Waals surface area contributed by atoms with Gasteiger partial charge < -0.3 is 20.1 Å². The molecule has 3 aromatic heterocycles. The number of piperidine rings is 1. The largest absolute Gasteiger partial charge is 0.355 e. The summed E-state index contributed by atoms with van der Waals surface area (Å²) in [5.74, 6) is 2.30. The molecule has 3 N–H and O–H groups in total. The number of aromatic amines is 1. The van der Waals surface area contributed by atoms with Gasteiger partial charge in [0.1, 0.15) is 5.82 Å². The summed E-state index contributed by atoms with van der Waals surface area (Å²) in [6, 6.07) is 6.26. The fourth-order valence-corrected chi connectivity index (χ4v) is 4.85. The van der Waals surface area contributed by atoms with Crippen molar-refractivity contribution in [1.29, 1.82) is 0 Å². The van der Waals surface area contributed by atoms with Crippen molar-refractivity contribution in [2.75, 3.05) is 36.0 Å². The number of nitrogens with two attached hydrogens (primary N) is 1. The molecule has 0 aliphatic carbocycles. The Labute approximate surface area is 191 Å². The second-order valence-electron chi connectivity index (χ2n) is 9.33. The van der Waals surface area contributed by atoms with Crippen LogP contribution in [0.15, 0.2) is 35.3 Å². The molecule has 2 aliphatic heterocycles. The molecular weight excluding hydrogens is 418 g/mol. The van der Waals surface area contributed by atoms with Crippen LogP contribution >= 0.6 is 0 Å². The van der Waals surface area contributed by atoms with Gasteiger partial charge in [-0.1, -0.05) is 12.1 Å². The van der Waals surface area contributed by atoms with E-state index in [1.165, 1.54) is 12.0 Å². The fourth-order valence-electron chi connectivity index (χ4n) is 4.85. The van der Waals surface area contributed by atoms with Gasteiger partial charge in [-0.25, -0.2) is 9.97 Å². The Balaban J connectivity index is 1.29. The number of fused-ring (bicyclic) bond motifs is 2. The predicted octanol–water partition coefficient (Wildman–Crippen LogP) is 3.05. The number of aromatic nitrogens is 6. The number of hydrogen-bond donors (Lipinski definition) is 2. The summed E-state index contributed by atoms with van der Waals surface area (Å²) in [6.07, 6.45) is 7.37. The Morgan fingerprint density at radius 1 is 1.18 bits per heavy atom. The molecule has 0 unspecified atom stereocenters. The van der Waals surface area contributed by atoms with Gasteiger partial charge in [-0.15, -0.1) is 0 Å². The average molecular weight is 446 g/mol. The van der Waals surface area contributed by atoms with E-state index in [1.54, 1.807) is 0 Å². The molecule has 10 heteroatoms. The summed E-state index contributed by atoms with van der Waals surface area (Å²) in [5.41, 5.74) is 11.0. The van der Waals surface area contributed by atoms with Gasteiger partial charge in [-0.2, -0.15) is 10.1 Å². The Morgan fingerprint density at radius 2 is 2.06 bits per heavy atom. The molecule has 1 saturated heterocycles. The summed E-state index contributed by atoms with van der Waals surface area (Å²) < 4.78 is 4.90. The molecule has 0 saturated carbocycles. The maximum atomic E-state index is 5.96. The van der Waals surface area contributed by atoms with Crippen LogP contribution in [0.25, 0.3) is 22.6 Å². The zero-order valence-electron chi connectivity index (χ0n) is 18.7. The van der Waals surface area contributed by atoms with E-state index in [0.29, 0.717) is 11.5 Å². The van der Waals surface area contributed by atoms with Gasteiger partial charge in [-0.05, 0) is 61.4 Å². The molecule has 6 rings (SSSR count). The topological polar surface area (TPSA) is 126 Å². The number of anilines is 3. The third-order valence-electron chi connectivity index (χ3n) is 7.10. The van der Waals surface area contributed by atoms with E-state index < -0.39 is 0 Å². The van der Waals surface area contributed by atoms with E-state index in [2.05, 4.69) is 49.2 Å². The van der Waals surface area contributed by atoms with Gasteiger partial charge in [0.25, 0.3) is 0 Å². The number of benzene rings is 1. The van der Waals surface area contributed by atoms with Crippen molar-refractivity contribution in [2.45, 2.75) is 32.6 Å². The highest BCUT2D eigenvalue weighted by Gasteiger charge is 2.30. The van der Waals surface area contributed by atoms with Crippen LogP contribution in [-0.2, 0) is 6.42 Å². The highest BCUT2D eigenvalue weighted by atomic mass is 16.5. The van der Waals surface area contributed by atoms with Gasteiger partial charge in [0.2, 0.25) is 12.2 Å². The molecule has 0 atom stereocenters. The number of nitrogens with one attached hydrogen (secondary N) is 1. The number of aryl methyl sites for hydroxylation is 1. The molecule has 0 amide bonds. The molecule has 4 aromatic rings. The minimum absolute atomic E-state index is 0.223. The van der Waals surface area contributed by atoms with Gasteiger partial charge in [0.05, 0.1) is 6.20 Å². The zero-order chi connectivity index (χ0) is 22.4. The van der Waals surface area contributed by atoms with E-state index in [9.17, 15) is 0 Å². The molecule has 0 radical (unpaired) electrons. The van der Waals surface area contributed by atoms with Crippen molar-refractivity contribution in [3.05, 3.63) is 36.4 Å². The van der Waals surface area contributed by atoms with Gasteiger partial charge in [0, 0.05) is 30.9 Å². The molecule has 0 bridgehead atoms. The van der Waals surface area contributed by atoms with Crippen molar-refractivity contribution in [1.82, 2.24) is 30.3 Å². The van der Waals surface area contributed by atoms with E-state index in [1.807, 2.05) is 12.3 Å². The van der Waals surface area contributed by atoms with Crippen LogP contribution in [0.1, 0.15) is 31.7 Å². The fraction of sp³-hybridized carbons (Fsp3) is 0.435. The van der Waals surface area contributed by atoms with E-state index in [4.69, 9.17) is 20.2 Å². The van der Waals surface area contributed by atoms with Crippen LogP contribution in [0.4, 0.5) is 17.3 Å². The van der Waals surface area contributed by atoms with Crippen molar-refractivity contribution in [3.63, 3.8) is 0 Å². The van der Waals surface area contributed by atoms with Crippen molar-refractivity contribution in [2.24, 2.45) is 11.1 Å². The molecule has 0 spiro atoms. The standard InChI is InChI=1S/C23H27N9O/c1-23(13-24)6-9-31(10-7-23)18-12-25-19-21(27-18)28-29-22(19)32-8-2-3-15-11-16(4-5-17(15)32)20-26-14-33-30-20/h4-5,11-12,14H,2-3,6-10,13,24H2,1H3,(H,27,28,29). The minimum Gasteiger partial charge on any atom is -0.355 e. The Morgan fingerprint density at radius 3 is 2.85 bits per heavy atom. The van der Waals surface area contributed by atoms with Crippen LogP contribution < -0.4 is 15.5 Å². The summed E-state index contributed by atoms with van der Waals surface area (Å²) in [5, 5.41) is 11.7. The summed E-state index contributed by atoms with van der Waals surface area (Å²) in [7, 11) is 0. The molecule has 1 aromatic carbocycles. The van der Waals surface area contributed by atoms with E-state index >= 15 is 0 Å². The Kier molecular flexibility index (Phi) is 4.75. The highest BCUT2D eigenvalue weighted by Crippen LogP contribution is 2.37. The second-order valence-corrected chi connectivity index (χ2v) is 9.33. The van der Waals surface area contributed by atoms with E-state index in [-0.39, 0.29) is 5.41 Å². The van der Waals surface area contributed by atoms with Crippen LogP contribution in [0, 0.1) is 5.41 Å². The van der Waals surface area contributed by atoms with Crippen LogP contribution in [0.5, 0.6) is 0 Å². The normalized spacial score (nSPS) is 18.0. The van der Waals surface area contributed by atoms with Gasteiger partial charge in [0.15, 0.2) is 17.0 Å².